The zero-order chi connectivity index (χ0) is 26.5. The topological polar surface area (TPSA) is 83.9 Å². The van der Waals surface area contributed by atoms with Gasteiger partial charge in [0.1, 0.15) is 5.75 Å². The molecule has 1 heterocycles. The normalized spacial score (nSPS) is 42.3. The van der Waals surface area contributed by atoms with Crippen LogP contribution in [-0.2, 0) is 14.4 Å². The lowest BCUT2D eigenvalue weighted by Crippen LogP contribution is -2.65. The number of fused-ring (bicyclic) bond motifs is 1. The Balaban J connectivity index is 1.50. The summed E-state index contributed by atoms with van der Waals surface area (Å²) >= 11 is 0. The van der Waals surface area contributed by atoms with E-state index in [2.05, 4.69) is 26.8 Å². The first-order valence-electron chi connectivity index (χ1n) is 14.0. The number of carbonyl (C=O) groups is 3. The SMILES string of the molecule is COc1ccccc1N1C(=O)[C@H]2[C@@H](C1=O)[C@@]13C=C(C(C)C)[C@@H]2C[C@@H]1[C@]1(C)CCC[C@](C)(C(=O)O)[C@H]1CC3. The van der Waals surface area contributed by atoms with Crippen molar-refractivity contribution in [3.8, 4) is 5.75 Å². The van der Waals surface area contributed by atoms with Crippen LogP contribution < -0.4 is 9.64 Å². The smallest absolute Gasteiger partial charge is 0.309 e. The Kier molecular flexibility index (Phi) is 5.30. The molecule has 2 amide bonds. The third kappa shape index (κ3) is 2.96. The van der Waals surface area contributed by atoms with Crippen molar-refractivity contribution in [2.24, 2.45) is 51.8 Å². The third-order valence-electron chi connectivity index (χ3n) is 11.5. The van der Waals surface area contributed by atoms with Crippen LogP contribution in [0, 0.1) is 51.8 Å². The van der Waals surface area contributed by atoms with E-state index in [1.165, 1.54) is 10.5 Å². The van der Waals surface area contributed by atoms with Gasteiger partial charge in [-0.2, -0.15) is 0 Å². The molecule has 1 N–H and O–H groups in total. The number of carboxylic acids is 1. The average Bonchev–Trinajstić information content (AvgIpc) is 3.15. The Hall–Kier alpha value is -2.63. The van der Waals surface area contributed by atoms with Crippen molar-refractivity contribution in [2.75, 3.05) is 12.0 Å². The quantitative estimate of drug-likeness (QED) is 0.419. The van der Waals surface area contributed by atoms with E-state index in [4.69, 9.17) is 4.74 Å². The van der Waals surface area contributed by atoms with E-state index in [9.17, 15) is 19.5 Å². The van der Waals surface area contributed by atoms with Gasteiger partial charge in [0.15, 0.2) is 0 Å². The second kappa shape index (κ2) is 7.94. The van der Waals surface area contributed by atoms with Crippen molar-refractivity contribution in [2.45, 2.75) is 66.2 Å². The summed E-state index contributed by atoms with van der Waals surface area (Å²) in [5.41, 5.74) is 0.523. The molecule has 37 heavy (non-hydrogen) atoms. The number of amides is 2. The molecule has 1 aliphatic heterocycles. The maximum Gasteiger partial charge on any atom is 0.309 e. The second-order valence-corrected chi connectivity index (χ2v) is 13.2. The predicted molar refractivity (Wildman–Crippen MR) is 140 cm³/mol. The molecular weight excluding hydrogens is 466 g/mol. The average molecular weight is 506 g/mol. The number of ether oxygens (including phenoxy) is 1. The van der Waals surface area contributed by atoms with Crippen molar-refractivity contribution < 1.29 is 24.2 Å². The summed E-state index contributed by atoms with van der Waals surface area (Å²) in [4.78, 5) is 42.5. The van der Waals surface area contributed by atoms with Crippen LogP contribution in [0.25, 0.3) is 0 Å². The van der Waals surface area contributed by atoms with Crippen molar-refractivity contribution in [3.63, 3.8) is 0 Å². The molecule has 1 saturated heterocycles. The van der Waals surface area contributed by atoms with Crippen LogP contribution in [0.5, 0.6) is 5.75 Å². The van der Waals surface area contributed by atoms with Gasteiger partial charge in [0.2, 0.25) is 11.8 Å². The van der Waals surface area contributed by atoms with E-state index < -0.39 is 22.7 Å². The number of carbonyl (C=O) groups excluding carboxylic acids is 2. The highest BCUT2D eigenvalue weighted by atomic mass is 16.5. The molecule has 2 bridgehead atoms. The van der Waals surface area contributed by atoms with Gasteiger partial charge in [0.25, 0.3) is 0 Å². The van der Waals surface area contributed by atoms with Gasteiger partial charge in [-0.1, -0.05) is 51.0 Å². The molecule has 4 fully saturated rings. The summed E-state index contributed by atoms with van der Waals surface area (Å²) in [6.45, 7) is 8.65. The molecular formula is C31H39NO5. The molecule has 7 rings (SSSR count). The summed E-state index contributed by atoms with van der Waals surface area (Å²) in [5, 5.41) is 10.3. The van der Waals surface area contributed by atoms with Crippen LogP contribution in [0.1, 0.15) is 66.2 Å². The Morgan fingerprint density at radius 1 is 1.08 bits per heavy atom. The van der Waals surface area contributed by atoms with E-state index in [-0.39, 0.29) is 40.9 Å². The molecule has 3 saturated carbocycles. The van der Waals surface area contributed by atoms with Gasteiger partial charge in [-0.25, -0.2) is 4.90 Å². The van der Waals surface area contributed by atoms with Crippen LogP contribution in [0.4, 0.5) is 5.69 Å². The second-order valence-electron chi connectivity index (χ2n) is 13.2. The molecule has 0 unspecified atom stereocenters. The molecule has 5 aliphatic carbocycles. The number of carboxylic acid groups (broad SMARTS) is 1. The predicted octanol–water partition coefficient (Wildman–Crippen LogP) is 5.71. The summed E-state index contributed by atoms with van der Waals surface area (Å²) in [5.74, 6) is -0.527. The number of hydrogen-bond donors (Lipinski definition) is 1. The van der Waals surface area contributed by atoms with Crippen LogP contribution in [0.2, 0.25) is 0 Å². The summed E-state index contributed by atoms with van der Waals surface area (Å²) in [7, 11) is 1.57. The lowest BCUT2D eigenvalue weighted by molar-refractivity contribution is -0.194. The highest BCUT2D eigenvalue weighted by Crippen LogP contribution is 2.74. The van der Waals surface area contributed by atoms with Gasteiger partial charge in [0.05, 0.1) is 30.0 Å². The summed E-state index contributed by atoms with van der Waals surface area (Å²) in [6, 6.07) is 7.29. The number of allylic oxidation sites excluding steroid dienone is 2. The van der Waals surface area contributed by atoms with Crippen molar-refractivity contribution in [1.82, 2.24) is 0 Å². The number of hydrogen-bond acceptors (Lipinski definition) is 4. The summed E-state index contributed by atoms with van der Waals surface area (Å²) < 4.78 is 5.56. The first-order chi connectivity index (χ1) is 17.5. The molecule has 8 atom stereocenters. The Morgan fingerprint density at radius 3 is 2.49 bits per heavy atom. The number of anilines is 1. The molecule has 6 nitrogen and oxygen atoms in total. The van der Waals surface area contributed by atoms with Gasteiger partial charge < -0.3 is 9.84 Å². The molecule has 6 heteroatoms. The van der Waals surface area contributed by atoms with Gasteiger partial charge in [-0.15, -0.1) is 0 Å². The van der Waals surface area contributed by atoms with Gasteiger partial charge in [-0.3, -0.25) is 14.4 Å². The Labute approximate surface area is 219 Å². The molecule has 198 valence electrons. The first kappa shape index (κ1) is 24.7. The summed E-state index contributed by atoms with van der Waals surface area (Å²) in [6.07, 6.45) is 7.42. The molecule has 1 aromatic carbocycles. The third-order valence-corrected chi connectivity index (χ3v) is 11.5. The fraction of sp³-hybridized carbons (Fsp3) is 0.645. The number of rotatable bonds is 4. The van der Waals surface area contributed by atoms with E-state index >= 15 is 0 Å². The molecule has 1 spiro atoms. The maximum absolute atomic E-state index is 14.4. The minimum Gasteiger partial charge on any atom is -0.495 e. The highest BCUT2D eigenvalue weighted by Gasteiger charge is 2.73. The fourth-order valence-corrected chi connectivity index (χ4v) is 10.0. The maximum atomic E-state index is 14.4. The molecule has 0 radical (unpaired) electrons. The minimum atomic E-state index is -0.742. The van der Waals surface area contributed by atoms with Gasteiger partial charge in [0, 0.05) is 5.41 Å². The van der Waals surface area contributed by atoms with E-state index in [1.807, 2.05) is 19.1 Å². The van der Waals surface area contributed by atoms with Gasteiger partial charge in [-0.05, 0) is 80.2 Å². The van der Waals surface area contributed by atoms with Crippen LogP contribution in [0.15, 0.2) is 35.9 Å². The number of methoxy groups -OCH3 is 1. The molecule has 1 aromatic rings. The molecule has 0 aromatic heterocycles. The van der Waals surface area contributed by atoms with Gasteiger partial charge >= 0.3 is 5.97 Å². The lowest BCUT2D eigenvalue weighted by atomic mass is 9.34. The minimum absolute atomic E-state index is 0.0154. The number of aliphatic carboxylic acids is 1. The first-order valence-corrected chi connectivity index (χ1v) is 14.0. The largest absolute Gasteiger partial charge is 0.495 e. The van der Waals surface area contributed by atoms with E-state index in [1.54, 1.807) is 19.2 Å². The van der Waals surface area contributed by atoms with Crippen LogP contribution >= 0.6 is 0 Å². The number of imide groups is 1. The number of benzene rings is 1. The zero-order valence-corrected chi connectivity index (χ0v) is 22.6. The Morgan fingerprint density at radius 2 is 1.81 bits per heavy atom. The molecule has 6 aliphatic rings. The van der Waals surface area contributed by atoms with Crippen LogP contribution in [-0.4, -0.2) is 30.0 Å². The fourth-order valence-electron chi connectivity index (χ4n) is 10.0. The zero-order valence-electron chi connectivity index (χ0n) is 22.6. The standard InChI is InChI=1S/C31H39NO5/c1-17(2)19-16-31-14-11-22-29(3,12-8-13-30(22,4)28(35)36)23(31)15-18(19)24-25(31)27(34)32(26(24)33)20-9-6-7-10-21(20)37-5/h6-7,9-10,16-18,22-25H,8,11-15H2,1-5H3,(H,35,36)/t18-,22-,23+,24+,25-,29+,30-,31-/m0/s1. The Bertz CT molecular complexity index is 1220. The lowest BCUT2D eigenvalue weighted by Gasteiger charge is -2.68. The van der Waals surface area contributed by atoms with E-state index in [0.717, 1.165) is 32.1 Å². The number of nitrogens with zero attached hydrogens (tertiary/aromatic N) is 1. The van der Waals surface area contributed by atoms with Crippen molar-refractivity contribution in [1.29, 1.82) is 0 Å². The van der Waals surface area contributed by atoms with Crippen molar-refractivity contribution >= 4 is 23.5 Å². The number of para-hydroxylation sites is 2. The van der Waals surface area contributed by atoms with Crippen molar-refractivity contribution in [3.05, 3.63) is 35.9 Å². The van der Waals surface area contributed by atoms with E-state index in [0.29, 0.717) is 23.8 Å². The monoisotopic (exact) mass is 505 g/mol. The highest BCUT2D eigenvalue weighted by molar-refractivity contribution is 6.23. The van der Waals surface area contributed by atoms with Crippen LogP contribution in [0.3, 0.4) is 0 Å².